The second-order valence-corrected chi connectivity index (χ2v) is 5.42. The Morgan fingerprint density at radius 2 is 1.74 bits per heavy atom. The summed E-state index contributed by atoms with van der Waals surface area (Å²) < 4.78 is 0.817. The number of rotatable bonds is 2. The Labute approximate surface area is 121 Å². The third kappa shape index (κ3) is 3.35. The van der Waals surface area contributed by atoms with Crippen molar-refractivity contribution in [3.8, 4) is 0 Å². The van der Waals surface area contributed by atoms with E-state index in [1.54, 1.807) is 12.1 Å². The molecular weight excluding hydrogens is 304 g/mol. The first-order valence-corrected chi connectivity index (χ1v) is 6.69. The van der Waals surface area contributed by atoms with Gasteiger partial charge in [0.05, 0.1) is 0 Å². The Morgan fingerprint density at radius 3 is 2.32 bits per heavy atom. The van der Waals surface area contributed by atoms with E-state index < -0.39 is 0 Å². The van der Waals surface area contributed by atoms with Gasteiger partial charge in [0.1, 0.15) is 0 Å². The lowest BCUT2D eigenvalue weighted by Crippen LogP contribution is -2.12. The van der Waals surface area contributed by atoms with Crippen molar-refractivity contribution in [3.63, 3.8) is 0 Å². The van der Waals surface area contributed by atoms with E-state index in [0.29, 0.717) is 16.9 Å². The highest BCUT2D eigenvalue weighted by Gasteiger charge is 2.08. The highest BCUT2D eigenvalue weighted by molar-refractivity contribution is 9.10. The number of halogens is 1. The average Bonchev–Trinajstić information content (AvgIpc) is 2.32. The molecule has 0 aliphatic heterocycles. The lowest BCUT2D eigenvalue weighted by atomic mass is 10.1. The highest BCUT2D eigenvalue weighted by atomic mass is 79.9. The molecule has 0 heterocycles. The lowest BCUT2D eigenvalue weighted by molar-refractivity contribution is 0.102. The largest absolute Gasteiger partial charge is 0.398 e. The van der Waals surface area contributed by atoms with Gasteiger partial charge in [-0.15, -0.1) is 0 Å². The molecular formula is C15H15BrN2O. The van der Waals surface area contributed by atoms with Crippen molar-refractivity contribution < 1.29 is 4.79 Å². The summed E-state index contributed by atoms with van der Waals surface area (Å²) in [6.45, 7) is 3.95. The molecule has 0 saturated carbocycles. The molecule has 0 atom stereocenters. The zero-order valence-corrected chi connectivity index (χ0v) is 12.4. The average molecular weight is 319 g/mol. The number of nitrogens with two attached hydrogens (primary N) is 1. The van der Waals surface area contributed by atoms with Gasteiger partial charge in [-0.2, -0.15) is 0 Å². The monoisotopic (exact) mass is 318 g/mol. The molecule has 2 rings (SSSR count). The summed E-state index contributed by atoms with van der Waals surface area (Å²) in [5.74, 6) is -0.131. The van der Waals surface area contributed by atoms with Crippen molar-refractivity contribution in [2.24, 2.45) is 0 Å². The second kappa shape index (κ2) is 5.45. The van der Waals surface area contributed by atoms with Crippen LogP contribution in [0.3, 0.4) is 0 Å². The summed E-state index contributed by atoms with van der Waals surface area (Å²) >= 11 is 3.32. The van der Waals surface area contributed by atoms with E-state index in [2.05, 4.69) is 21.2 Å². The summed E-state index contributed by atoms with van der Waals surface area (Å²) in [6, 6.07) is 11.1. The molecule has 2 aromatic rings. The van der Waals surface area contributed by atoms with Gasteiger partial charge in [0.25, 0.3) is 5.91 Å². The van der Waals surface area contributed by atoms with Crippen LogP contribution < -0.4 is 11.1 Å². The number of hydrogen-bond donors (Lipinski definition) is 2. The first-order chi connectivity index (χ1) is 8.95. The maximum Gasteiger partial charge on any atom is 0.255 e. The molecule has 0 aliphatic rings. The molecule has 0 spiro atoms. The molecule has 1 amide bonds. The van der Waals surface area contributed by atoms with Crippen LogP contribution in [-0.2, 0) is 0 Å². The van der Waals surface area contributed by atoms with E-state index in [1.807, 2.05) is 38.1 Å². The Kier molecular flexibility index (Phi) is 3.90. The number of hydrogen-bond acceptors (Lipinski definition) is 2. The van der Waals surface area contributed by atoms with Gasteiger partial charge in [0, 0.05) is 21.4 Å². The van der Waals surface area contributed by atoms with Crippen molar-refractivity contribution in [2.45, 2.75) is 13.8 Å². The lowest BCUT2D eigenvalue weighted by Gasteiger charge is -2.08. The number of nitrogen functional groups attached to an aromatic ring is 1. The van der Waals surface area contributed by atoms with E-state index in [-0.39, 0.29) is 5.91 Å². The molecule has 2 aromatic carbocycles. The predicted octanol–water partition coefficient (Wildman–Crippen LogP) is 3.90. The smallest absolute Gasteiger partial charge is 0.255 e. The predicted molar refractivity (Wildman–Crippen MR) is 82.4 cm³/mol. The Bertz CT molecular complexity index is 618. The second-order valence-electron chi connectivity index (χ2n) is 4.57. The maximum absolute atomic E-state index is 12.2. The van der Waals surface area contributed by atoms with Crippen molar-refractivity contribution >= 4 is 33.2 Å². The van der Waals surface area contributed by atoms with E-state index in [1.165, 1.54) is 0 Å². The van der Waals surface area contributed by atoms with Crippen LogP contribution in [0.4, 0.5) is 11.4 Å². The number of nitrogens with one attached hydrogen (secondary N) is 1. The third-order valence-electron chi connectivity index (χ3n) is 2.74. The van der Waals surface area contributed by atoms with Crippen LogP contribution in [0.5, 0.6) is 0 Å². The zero-order chi connectivity index (χ0) is 14.0. The molecule has 0 fully saturated rings. The van der Waals surface area contributed by atoms with Crippen LogP contribution in [0.15, 0.2) is 40.9 Å². The molecule has 0 unspecified atom stereocenters. The number of carbonyl (C=O) groups excluding carboxylic acids is 1. The van der Waals surface area contributed by atoms with Gasteiger partial charge in [0.2, 0.25) is 0 Å². The molecule has 19 heavy (non-hydrogen) atoms. The number of carbonyl (C=O) groups is 1. The molecule has 98 valence electrons. The van der Waals surface area contributed by atoms with Gasteiger partial charge in [-0.1, -0.05) is 17.2 Å². The fourth-order valence-corrected chi connectivity index (χ4v) is 2.18. The summed E-state index contributed by atoms with van der Waals surface area (Å²) in [4.78, 5) is 12.2. The molecule has 0 aliphatic carbocycles. The van der Waals surface area contributed by atoms with E-state index in [9.17, 15) is 4.79 Å². The van der Waals surface area contributed by atoms with Crippen molar-refractivity contribution in [1.82, 2.24) is 0 Å². The number of anilines is 2. The van der Waals surface area contributed by atoms with Crippen LogP contribution in [0, 0.1) is 13.8 Å². The van der Waals surface area contributed by atoms with E-state index in [0.717, 1.165) is 15.6 Å². The minimum atomic E-state index is -0.131. The van der Waals surface area contributed by atoms with Crippen LogP contribution in [0.1, 0.15) is 21.5 Å². The van der Waals surface area contributed by atoms with E-state index in [4.69, 9.17) is 5.73 Å². The van der Waals surface area contributed by atoms with Gasteiger partial charge < -0.3 is 11.1 Å². The minimum absolute atomic E-state index is 0.131. The van der Waals surface area contributed by atoms with E-state index >= 15 is 0 Å². The summed E-state index contributed by atoms with van der Waals surface area (Å²) in [7, 11) is 0. The summed E-state index contributed by atoms with van der Waals surface area (Å²) in [5.41, 5.74) is 9.86. The first-order valence-electron chi connectivity index (χ1n) is 5.90. The summed E-state index contributed by atoms with van der Waals surface area (Å²) in [6.07, 6.45) is 0. The number of aryl methyl sites for hydroxylation is 2. The van der Waals surface area contributed by atoms with Crippen molar-refractivity contribution in [2.75, 3.05) is 11.1 Å². The minimum Gasteiger partial charge on any atom is -0.398 e. The van der Waals surface area contributed by atoms with Crippen LogP contribution in [0.25, 0.3) is 0 Å². The first kappa shape index (κ1) is 13.6. The quantitative estimate of drug-likeness (QED) is 0.825. The van der Waals surface area contributed by atoms with Gasteiger partial charge in [-0.05, 0) is 60.1 Å². The van der Waals surface area contributed by atoms with Crippen LogP contribution in [-0.4, -0.2) is 5.91 Å². The maximum atomic E-state index is 12.2. The fourth-order valence-electron chi connectivity index (χ4n) is 1.93. The Hall–Kier alpha value is -1.81. The number of amides is 1. The Morgan fingerprint density at radius 1 is 1.11 bits per heavy atom. The SMILES string of the molecule is Cc1cc(C)cc(C(=O)Nc2ccc(Br)c(N)c2)c1. The highest BCUT2D eigenvalue weighted by Crippen LogP contribution is 2.23. The molecule has 0 saturated heterocycles. The molecule has 0 radical (unpaired) electrons. The van der Waals surface area contributed by atoms with Gasteiger partial charge in [-0.3, -0.25) is 4.79 Å². The number of benzene rings is 2. The van der Waals surface area contributed by atoms with Crippen LogP contribution in [0.2, 0.25) is 0 Å². The zero-order valence-electron chi connectivity index (χ0n) is 10.8. The molecule has 3 nitrogen and oxygen atoms in total. The molecule has 0 bridgehead atoms. The Balaban J connectivity index is 2.22. The van der Waals surface area contributed by atoms with Crippen molar-refractivity contribution in [1.29, 1.82) is 0 Å². The van der Waals surface area contributed by atoms with Gasteiger partial charge in [0.15, 0.2) is 0 Å². The van der Waals surface area contributed by atoms with Gasteiger partial charge in [-0.25, -0.2) is 0 Å². The van der Waals surface area contributed by atoms with Crippen LogP contribution >= 0.6 is 15.9 Å². The summed E-state index contributed by atoms with van der Waals surface area (Å²) in [5, 5.41) is 2.84. The molecule has 3 N–H and O–H groups in total. The normalized spacial score (nSPS) is 10.3. The molecule has 4 heteroatoms. The van der Waals surface area contributed by atoms with Gasteiger partial charge >= 0.3 is 0 Å². The standard InChI is InChI=1S/C15H15BrN2O/c1-9-5-10(2)7-11(6-9)15(19)18-12-3-4-13(16)14(17)8-12/h3-8H,17H2,1-2H3,(H,18,19). The molecule has 0 aromatic heterocycles. The fraction of sp³-hybridized carbons (Fsp3) is 0.133. The topological polar surface area (TPSA) is 55.1 Å². The third-order valence-corrected chi connectivity index (χ3v) is 3.46. The van der Waals surface area contributed by atoms with Crippen molar-refractivity contribution in [3.05, 3.63) is 57.6 Å².